The molecule has 0 fully saturated rings. The fourth-order valence-corrected chi connectivity index (χ4v) is 0.947. The van der Waals surface area contributed by atoms with E-state index >= 15 is 0 Å². The molecule has 0 aromatic heterocycles. The lowest BCUT2D eigenvalue weighted by Gasteiger charge is -2.25. The highest BCUT2D eigenvalue weighted by molar-refractivity contribution is 5.72. The van der Waals surface area contributed by atoms with Crippen LogP contribution in [-0.2, 0) is 9.53 Å². The van der Waals surface area contributed by atoms with E-state index in [4.69, 9.17) is 15.3 Å². The smallest absolute Gasteiger partial charge is 0.335 e. The molecule has 0 rings (SSSR count). The number of hydrogen-bond donors (Lipinski definition) is 4. The monoisotopic (exact) mass is 194 g/mol. The Morgan fingerprint density at radius 3 is 2.00 bits per heavy atom. The van der Waals surface area contributed by atoms with Gasteiger partial charge in [0.25, 0.3) is 0 Å². The fraction of sp³-hybridized carbons (Fsp3) is 0.857. The van der Waals surface area contributed by atoms with E-state index in [1.807, 2.05) is 0 Å². The van der Waals surface area contributed by atoms with Crippen LogP contribution < -0.4 is 0 Å². The van der Waals surface area contributed by atoms with E-state index in [1.54, 1.807) is 0 Å². The topological polar surface area (TPSA) is 107 Å². The molecule has 0 aliphatic rings. The minimum atomic E-state index is -1.96. The van der Waals surface area contributed by atoms with Gasteiger partial charge in [0.05, 0.1) is 6.10 Å². The number of aliphatic carboxylic acids is 1. The van der Waals surface area contributed by atoms with Gasteiger partial charge < -0.3 is 25.2 Å². The summed E-state index contributed by atoms with van der Waals surface area (Å²) in [6, 6.07) is 0. The van der Waals surface area contributed by atoms with Gasteiger partial charge in [0, 0.05) is 7.11 Å². The lowest BCUT2D eigenvalue weighted by Crippen LogP contribution is -2.47. The highest BCUT2D eigenvalue weighted by atomic mass is 16.5. The molecule has 0 spiro atoms. The maximum absolute atomic E-state index is 10.2. The number of carboxylic acids is 1. The Morgan fingerprint density at radius 2 is 1.77 bits per heavy atom. The van der Waals surface area contributed by atoms with Crippen LogP contribution in [0.15, 0.2) is 0 Å². The molecule has 6 heteroatoms. The normalized spacial score (nSPS) is 20.4. The van der Waals surface area contributed by atoms with Crippen molar-refractivity contribution in [2.24, 2.45) is 0 Å². The van der Waals surface area contributed by atoms with E-state index in [0.717, 1.165) is 0 Å². The van der Waals surface area contributed by atoms with Crippen molar-refractivity contribution in [1.82, 2.24) is 0 Å². The molecule has 0 aromatic carbocycles. The Balaban J connectivity index is 4.36. The third kappa shape index (κ3) is 3.27. The second kappa shape index (κ2) is 5.13. The highest BCUT2D eigenvalue weighted by Gasteiger charge is 2.33. The van der Waals surface area contributed by atoms with Gasteiger partial charge in [0.15, 0.2) is 6.10 Å². The van der Waals surface area contributed by atoms with Crippen LogP contribution in [0.4, 0.5) is 0 Å². The van der Waals surface area contributed by atoms with Gasteiger partial charge in [0.2, 0.25) is 0 Å². The first-order valence-electron chi connectivity index (χ1n) is 3.71. The van der Waals surface area contributed by atoms with E-state index in [9.17, 15) is 9.90 Å². The molecule has 0 bridgehead atoms. The lowest BCUT2D eigenvalue weighted by molar-refractivity contribution is -0.164. The van der Waals surface area contributed by atoms with E-state index < -0.39 is 30.4 Å². The molecule has 13 heavy (non-hydrogen) atoms. The molecule has 0 saturated heterocycles. The van der Waals surface area contributed by atoms with Crippen LogP contribution in [0.1, 0.15) is 6.92 Å². The van der Waals surface area contributed by atoms with Crippen molar-refractivity contribution in [3.05, 3.63) is 0 Å². The standard InChI is InChI=1S/C7H14O6/c1-3(8)6(13-2)4(9)5(10)7(11)12/h3-6,8-10H,1-2H3,(H,11,12)/t3-,4-,5-,6-/m1/s1. The van der Waals surface area contributed by atoms with Crippen LogP contribution in [0.3, 0.4) is 0 Å². The Labute approximate surface area is 75.4 Å². The number of aliphatic hydroxyl groups excluding tert-OH is 3. The molecule has 0 saturated carbocycles. The van der Waals surface area contributed by atoms with Crippen LogP contribution in [-0.4, -0.2) is 57.9 Å². The van der Waals surface area contributed by atoms with Crippen molar-refractivity contribution < 1.29 is 30.0 Å². The zero-order valence-corrected chi connectivity index (χ0v) is 7.41. The first-order chi connectivity index (χ1) is 5.91. The molecule has 4 atom stereocenters. The summed E-state index contributed by atoms with van der Waals surface area (Å²) < 4.78 is 4.62. The van der Waals surface area contributed by atoms with E-state index in [2.05, 4.69) is 4.74 Å². The number of rotatable bonds is 5. The molecule has 0 aromatic rings. The fourth-order valence-electron chi connectivity index (χ4n) is 0.947. The van der Waals surface area contributed by atoms with Gasteiger partial charge >= 0.3 is 5.97 Å². The van der Waals surface area contributed by atoms with Crippen molar-refractivity contribution >= 4 is 5.97 Å². The lowest BCUT2D eigenvalue weighted by atomic mass is 10.0. The van der Waals surface area contributed by atoms with E-state index in [1.165, 1.54) is 14.0 Å². The molecule has 78 valence electrons. The largest absolute Gasteiger partial charge is 0.479 e. The van der Waals surface area contributed by atoms with Gasteiger partial charge in [-0.15, -0.1) is 0 Å². The van der Waals surface area contributed by atoms with Crippen LogP contribution in [0.2, 0.25) is 0 Å². The summed E-state index contributed by atoms with van der Waals surface area (Å²) in [5.74, 6) is -1.56. The maximum atomic E-state index is 10.2. The number of aliphatic hydroxyl groups is 3. The molecular formula is C7H14O6. The first kappa shape index (κ1) is 12.3. The molecule has 0 unspecified atom stereocenters. The predicted molar refractivity (Wildman–Crippen MR) is 42.1 cm³/mol. The van der Waals surface area contributed by atoms with Crippen LogP contribution in [0.5, 0.6) is 0 Å². The molecular weight excluding hydrogens is 180 g/mol. The minimum Gasteiger partial charge on any atom is -0.479 e. The molecule has 6 nitrogen and oxygen atoms in total. The summed E-state index contributed by atoms with van der Waals surface area (Å²) in [5, 5.41) is 35.5. The Morgan fingerprint density at radius 1 is 1.31 bits per heavy atom. The van der Waals surface area contributed by atoms with Crippen molar-refractivity contribution in [2.75, 3.05) is 7.11 Å². The number of carboxylic acid groups (broad SMARTS) is 1. The second-order valence-electron chi connectivity index (χ2n) is 2.71. The first-order valence-corrected chi connectivity index (χ1v) is 3.71. The van der Waals surface area contributed by atoms with Gasteiger partial charge in [0.1, 0.15) is 12.2 Å². The van der Waals surface area contributed by atoms with Crippen LogP contribution in [0, 0.1) is 0 Å². The molecule has 4 N–H and O–H groups in total. The van der Waals surface area contributed by atoms with Crippen LogP contribution >= 0.6 is 0 Å². The van der Waals surface area contributed by atoms with E-state index in [-0.39, 0.29) is 0 Å². The summed E-state index contributed by atoms with van der Waals surface area (Å²) in [6.07, 6.45) is -5.79. The molecule has 0 radical (unpaired) electrons. The quantitative estimate of drug-likeness (QED) is 0.411. The van der Waals surface area contributed by atoms with Gasteiger partial charge in [-0.1, -0.05) is 0 Å². The third-order valence-corrected chi connectivity index (χ3v) is 1.66. The van der Waals surface area contributed by atoms with Crippen LogP contribution in [0.25, 0.3) is 0 Å². The third-order valence-electron chi connectivity index (χ3n) is 1.66. The summed E-state index contributed by atoms with van der Waals surface area (Å²) >= 11 is 0. The molecule has 0 heterocycles. The summed E-state index contributed by atoms with van der Waals surface area (Å²) in [7, 11) is 1.20. The Bertz CT molecular complexity index is 168. The molecule has 0 aliphatic carbocycles. The van der Waals surface area contributed by atoms with Gasteiger partial charge in [-0.05, 0) is 6.92 Å². The zero-order chi connectivity index (χ0) is 10.6. The highest BCUT2D eigenvalue weighted by Crippen LogP contribution is 2.08. The van der Waals surface area contributed by atoms with Gasteiger partial charge in [-0.25, -0.2) is 4.79 Å². The number of methoxy groups -OCH3 is 1. The zero-order valence-electron chi connectivity index (χ0n) is 7.41. The summed E-state index contributed by atoms with van der Waals surface area (Å²) in [5.41, 5.74) is 0. The summed E-state index contributed by atoms with van der Waals surface area (Å²) in [4.78, 5) is 10.2. The Kier molecular flexibility index (Phi) is 4.86. The minimum absolute atomic E-state index is 1.06. The van der Waals surface area contributed by atoms with Crippen molar-refractivity contribution in [2.45, 2.75) is 31.3 Å². The average molecular weight is 194 g/mol. The maximum Gasteiger partial charge on any atom is 0.335 e. The van der Waals surface area contributed by atoms with Gasteiger partial charge in [-0.2, -0.15) is 0 Å². The summed E-state index contributed by atoms with van der Waals surface area (Å²) in [6.45, 7) is 1.33. The van der Waals surface area contributed by atoms with Gasteiger partial charge in [-0.3, -0.25) is 0 Å². The number of ether oxygens (including phenoxy) is 1. The van der Waals surface area contributed by atoms with Crippen molar-refractivity contribution in [3.8, 4) is 0 Å². The Hall–Kier alpha value is -0.690. The molecule has 0 amide bonds. The number of hydrogen-bond acceptors (Lipinski definition) is 5. The predicted octanol–water partition coefficient (Wildman–Crippen LogP) is -1.81. The number of carbonyl (C=O) groups is 1. The molecule has 0 aliphatic heterocycles. The van der Waals surface area contributed by atoms with E-state index in [0.29, 0.717) is 0 Å². The average Bonchev–Trinajstić information content (AvgIpc) is 2.03. The van der Waals surface area contributed by atoms with Crippen molar-refractivity contribution in [1.29, 1.82) is 0 Å². The van der Waals surface area contributed by atoms with Crippen molar-refractivity contribution in [3.63, 3.8) is 0 Å². The SMILES string of the molecule is CO[C@@H]([C@H](O)[C@@H](O)C(=O)O)[C@@H](C)O. The second-order valence-corrected chi connectivity index (χ2v) is 2.71.